The minimum atomic E-state index is -3.07. The Labute approximate surface area is 209 Å². The van der Waals surface area contributed by atoms with Crippen molar-refractivity contribution in [2.45, 2.75) is 44.8 Å². The second-order valence-electron chi connectivity index (χ2n) is 9.92. The first-order valence-corrected chi connectivity index (χ1v) is 12.2. The summed E-state index contributed by atoms with van der Waals surface area (Å²) in [4.78, 5) is 21.6. The zero-order valence-electron chi connectivity index (χ0n) is 20.5. The van der Waals surface area contributed by atoms with Gasteiger partial charge in [-0.1, -0.05) is 43.3 Å². The third kappa shape index (κ3) is 4.16. The molecular formula is C29H29F2N3O2. The van der Waals surface area contributed by atoms with Crippen LogP contribution in [0.15, 0.2) is 73.2 Å². The van der Waals surface area contributed by atoms with E-state index in [1.807, 2.05) is 43.3 Å². The van der Waals surface area contributed by atoms with Crippen molar-refractivity contribution < 1.29 is 18.3 Å². The van der Waals surface area contributed by atoms with E-state index in [2.05, 4.69) is 15.3 Å². The third-order valence-corrected chi connectivity index (χ3v) is 7.68. The van der Waals surface area contributed by atoms with Crippen molar-refractivity contribution in [3.8, 4) is 11.1 Å². The summed E-state index contributed by atoms with van der Waals surface area (Å²) in [6.45, 7) is 5.38. The molecule has 1 saturated heterocycles. The normalized spacial score (nSPS) is 29.1. The summed E-state index contributed by atoms with van der Waals surface area (Å²) in [6.07, 6.45) is 7.33. The summed E-state index contributed by atoms with van der Waals surface area (Å²) in [6, 6.07) is 15.3. The molecule has 1 aliphatic carbocycles. The molecule has 0 spiro atoms. The number of fused-ring (bicyclic) bond motifs is 1. The first kappa shape index (κ1) is 24.1. The Bertz CT molecular complexity index is 1280. The highest BCUT2D eigenvalue weighted by atomic mass is 19.3. The van der Waals surface area contributed by atoms with Crippen LogP contribution < -0.4 is 5.32 Å². The SMILES string of the molecule is Cc1ccccc1-c1ccc(/C=C/[C@@H]2[C@@H]3[C@@H](C)OC(=O)[C@]3(Nc3ccncc3)CC(F)(F)[C@H]2C)nc1. The van der Waals surface area contributed by atoms with Gasteiger partial charge in [-0.05, 0) is 55.2 Å². The molecule has 36 heavy (non-hydrogen) atoms. The van der Waals surface area contributed by atoms with E-state index < -0.39 is 47.7 Å². The summed E-state index contributed by atoms with van der Waals surface area (Å²) in [7, 11) is 0. The van der Waals surface area contributed by atoms with Crippen LogP contribution in [0.3, 0.4) is 0 Å². The molecule has 2 aliphatic rings. The number of halogens is 2. The zero-order chi connectivity index (χ0) is 25.5. The number of benzene rings is 1. The number of carbonyl (C=O) groups is 1. The number of alkyl halides is 2. The van der Waals surface area contributed by atoms with Crippen LogP contribution in [0.4, 0.5) is 14.5 Å². The standard InChI is InChI=1S/C29H29F2N3O2/c1-18-6-4-5-7-24(18)21-8-9-22(33-16-21)10-11-25-19(2)29(30,31)17-28(26(25)20(3)36-27(28)35)34-23-12-14-32-15-13-23/h4-16,19-20,25-26H,17H2,1-3H3,(H,32,34)/b11-10+/t19-,20+,25-,26-,28-/m0/s1. The lowest BCUT2D eigenvalue weighted by Crippen LogP contribution is -2.61. The van der Waals surface area contributed by atoms with Crippen LogP contribution in [-0.4, -0.2) is 33.5 Å². The number of anilines is 1. The predicted molar refractivity (Wildman–Crippen MR) is 135 cm³/mol. The number of nitrogens with one attached hydrogen (secondary N) is 1. The zero-order valence-corrected chi connectivity index (χ0v) is 20.5. The van der Waals surface area contributed by atoms with Crippen LogP contribution in [-0.2, 0) is 9.53 Å². The number of pyridine rings is 2. The van der Waals surface area contributed by atoms with Gasteiger partial charge < -0.3 is 10.1 Å². The van der Waals surface area contributed by atoms with Crippen LogP contribution in [0.25, 0.3) is 17.2 Å². The van der Waals surface area contributed by atoms with E-state index in [1.165, 1.54) is 0 Å². The Morgan fingerprint density at radius 1 is 1.08 bits per heavy atom. The van der Waals surface area contributed by atoms with Gasteiger partial charge in [0.15, 0.2) is 0 Å². The molecule has 7 heteroatoms. The lowest BCUT2D eigenvalue weighted by atomic mass is 9.60. The number of aromatic nitrogens is 2. The van der Waals surface area contributed by atoms with E-state index in [0.29, 0.717) is 11.4 Å². The van der Waals surface area contributed by atoms with Crippen LogP contribution in [0.1, 0.15) is 31.5 Å². The maximum atomic E-state index is 15.4. The number of rotatable bonds is 5. The number of nitrogens with zero attached hydrogens (tertiary/aromatic N) is 2. The number of carbonyl (C=O) groups excluding carboxylic acids is 1. The molecule has 0 unspecified atom stereocenters. The number of allylic oxidation sites excluding steroid dienone is 1. The molecule has 2 aromatic heterocycles. The highest BCUT2D eigenvalue weighted by Crippen LogP contribution is 2.56. The number of esters is 1. The van der Waals surface area contributed by atoms with Crippen LogP contribution in [0, 0.1) is 24.7 Å². The summed E-state index contributed by atoms with van der Waals surface area (Å²) in [5.41, 5.74) is 2.93. The first-order chi connectivity index (χ1) is 17.2. The molecule has 186 valence electrons. The molecule has 1 N–H and O–H groups in total. The number of hydrogen-bond donors (Lipinski definition) is 1. The number of aryl methyl sites for hydroxylation is 1. The Morgan fingerprint density at radius 2 is 1.83 bits per heavy atom. The second kappa shape index (κ2) is 9.12. The van der Waals surface area contributed by atoms with Gasteiger partial charge in [-0.3, -0.25) is 9.97 Å². The minimum Gasteiger partial charge on any atom is -0.460 e. The summed E-state index contributed by atoms with van der Waals surface area (Å²) in [5, 5.41) is 3.13. The Morgan fingerprint density at radius 3 is 2.53 bits per heavy atom. The molecule has 5 rings (SSSR count). The van der Waals surface area contributed by atoms with Crippen molar-refractivity contribution in [1.82, 2.24) is 9.97 Å². The van der Waals surface area contributed by atoms with Gasteiger partial charge >= 0.3 is 5.97 Å². The molecular weight excluding hydrogens is 460 g/mol. The van der Waals surface area contributed by atoms with Gasteiger partial charge in [-0.15, -0.1) is 0 Å². The largest absolute Gasteiger partial charge is 0.460 e. The molecule has 5 nitrogen and oxygen atoms in total. The van der Waals surface area contributed by atoms with Crippen molar-refractivity contribution >= 4 is 17.7 Å². The molecule has 0 radical (unpaired) electrons. The fourth-order valence-electron chi connectivity index (χ4n) is 5.77. The van der Waals surface area contributed by atoms with Crippen LogP contribution in [0.5, 0.6) is 0 Å². The van der Waals surface area contributed by atoms with E-state index >= 15 is 8.78 Å². The van der Waals surface area contributed by atoms with E-state index in [4.69, 9.17) is 4.74 Å². The minimum absolute atomic E-state index is 0.477. The van der Waals surface area contributed by atoms with Crippen molar-refractivity contribution in [2.24, 2.45) is 17.8 Å². The average molecular weight is 490 g/mol. The summed E-state index contributed by atoms with van der Waals surface area (Å²) >= 11 is 0. The maximum Gasteiger partial charge on any atom is 0.332 e. The molecule has 1 aliphatic heterocycles. The lowest BCUT2D eigenvalue weighted by molar-refractivity contribution is -0.153. The number of ether oxygens (including phenoxy) is 1. The van der Waals surface area contributed by atoms with Crippen molar-refractivity contribution in [1.29, 1.82) is 0 Å². The topological polar surface area (TPSA) is 64.1 Å². The average Bonchev–Trinajstić information content (AvgIpc) is 3.09. The van der Waals surface area contributed by atoms with Crippen molar-refractivity contribution in [2.75, 3.05) is 5.32 Å². The Balaban J connectivity index is 1.47. The predicted octanol–water partition coefficient (Wildman–Crippen LogP) is 6.17. The van der Waals surface area contributed by atoms with Crippen LogP contribution >= 0.6 is 0 Å². The van der Waals surface area contributed by atoms with E-state index in [1.54, 1.807) is 56.7 Å². The third-order valence-electron chi connectivity index (χ3n) is 7.68. The van der Waals surface area contributed by atoms with Gasteiger partial charge in [-0.2, -0.15) is 0 Å². The van der Waals surface area contributed by atoms with Gasteiger partial charge in [0.05, 0.1) is 5.69 Å². The fraction of sp³-hybridized carbons (Fsp3) is 0.345. The number of cyclic esters (lactones) is 1. The van der Waals surface area contributed by atoms with Gasteiger partial charge in [0.1, 0.15) is 11.6 Å². The smallest absolute Gasteiger partial charge is 0.332 e. The van der Waals surface area contributed by atoms with E-state index in [0.717, 1.165) is 16.7 Å². The van der Waals surface area contributed by atoms with Gasteiger partial charge in [0.25, 0.3) is 5.92 Å². The summed E-state index contributed by atoms with van der Waals surface area (Å²) < 4.78 is 36.4. The van der Waals surface area contributed by atoms with E-state index in [-0.39, 0.29) is 0 Å². The highest BCUT2D eigenvalue weighted by molar-refractivity contribution is 5.88. The first-order valence-electron chi connectivity index (χ1n) is 12.2. The molecule has 1 saturated carbocycles. The maximum absolute atomic E-state index is 15.4. The monoisotopic (exact) mass is 489 g/mol. The van der Waals surface area contributed by atoms with Gasteiger partial charge in [-0.25, -0.2) is 13.6 Å². The van der Waals surface area contributed by atoms with Gasteiger partial charge in [0, 0.05) is 48.1 Å². The van der Waals surface area contributed by atoms with E-state index in [9.17, 15) is 4.79 Å². The van der Waals surface area contributed by atoms with Crippen molar-refractivity contribution in [3.63, 3.8) is 0 Å². The highest BCUT2D eigenvalue weighted by Gasteiger charge is 2.68. The molecule has 0 bridgehead atoms. The fourth-order valence-corrected chi connectivity index (χ4v) is 5.77. The molecule has 3 aromatic rings. The quantitative estimate of drug-likeness (QED) is 0.434. The second-order valence-corrected chi connectivity index (χ2v) is 9.92. The molecule has 1 aromatic carbocycles. The molecule has 5 atom stereocenters. The summed E-state index contributed by atoms with van der Waals surface area (Å²) in [5.74, 6) is -5.77. The van der Waals surface area contributed by atoms with Gasteiger partial charge in [0.2, 0.25) is 0 Å². The lowest BCUT2D eigenvalue weighted by Gasteiger charge is -2.48. The Hall–Kier alpha value is -3.61. The molecule has 0 amide bonds. The number of hydrogen-bond acceptors (Lipinski definition) is 5. The van der Waals surface area contributed by atoms with Crippen molar-refractivity contribution in [3.05, 3.63) is 84.5 Å². The molecule has 2 fully saturated rings. The molecule has 3 heterocycles. The van der Waals surface area contributed by atoms with Crippen LogP contribution in [0.2, 0.25) is 0 Å². The Kier molecular flexibility index (Phi) is 6.10.